The van der Waals surface area contributed by atoms with Crippen molar-refractivity contribution >= 4 is 17.5 Å². The van der Waals surface area contributed by atoms with Crippen LogP contribution in [0.4, 0.5) is 5.69 Å². The van der Waals surface area contributed by atoms with Crippen molar-refractivity contribution in [3.8, 4) is 0 Å². The molecule has 0 amide bonds. The molecule has 3 aromatic rings. The van der Waals surface area contributed by atoms with Crippen molar-refractivity contribution in [2.45, 2.75) is 12.1 Å². The topological polar surface area (TPSA) is 52.9 Å². The Morgan fingerprint density at radius 3 is 1.92 bits per heavy atom. The highest BCUT2D eigenvalue weighted by molar-refractivity contribution is 6.14. The fourth-order valence-electron chi connectivity index (χ4n) is 3.36. The Bertz CT molecular complexity index is 924. The van der Waals surface area contributed by atoms with Crippen molar-refractivity contribution in [2.24, 2.45) is 4.99 Å². The van der Waals surface area contributed by atoms with Crippen molar-refractivity contribution in [1.29, 1.82) is 0 Å². The van der Waals surface area contributed by atoms with Gasteiger partial charge in [-0.1, -0.05) is 78.9 Å². The van der Waals surface area contributed by atoms with Gasteiger partial charge in [-0.05, 0) is 17.7 Å². The SMILES string of the molecule is O=C(O)C1C(c2ccccc2)N=C(c2ccccc2)N1c1ccccc1. The Morgan fingerprint density at radius 1 is 0.808 bits per heavy atom. The molecule has 1 heterocycles. The van der Waals surface area contributed by atoms with Gasteiger partial charge in [0.1, 0.15) is 11.9 Å². The molecule has 3 aromatic carbocycles. The lowest BCUT2D eigenvalue weighted by molar-refractivity contribution is -0.138. The van der Waals surface area contributed by atoms with E-state index in [4.69, 9.17) is 4.99 Å². The van der Waals surface area contributed by atoms with Crippen LogP contribution >= 0.6 is 0 Å². The van der Waals surface area contributed by atoms with Gasteiger partial charge in [-0.25, -0.2) is 4.79 Å². The number of anilines is 1. The third kappa shape index (κ3) is 2.86. The average molecular weight is 342 g/mol. The maximum Gasteiger partial charge on any atom is 0.329 e. The third-order valence-corrected chi connectivity index (χ3v) is 4.53. The van der Waals surface area contributed by atoms with Crippen molar-refractivity contribution < 1.29 is 9.90 Å². The molecular weight excluding hydrogens is 324 g/mol. The van der Waals surface area contributed by atoms with Crippen LogP contribution in [0.3, 0.4) is 0 Å². The standard InChI is InChI=1S/C22H18N2O2/c25-22(26)20-19(16-10-4-1-5-11-16)23-21(17-12-6-2-7-13-17)24(20)18-14-8-3-9-15-18/h1-15,19-20H,(H,25,26). The van der Waals surface area contributed by atoms with Crippen molar-refractivity contribution in [3.05, 3.63) is 102 Å². The first kappa shape index (κ1) is 16.1. The number of hydrogen-bond donors (Lipinski definition) is 1. The number of carboxylic acid groups (broad SMARTS) is 1. The summed E-state index contributed by atoms with van der Waals surface area (Å²) < 4.78 is 0. The number of hydrogen-bond acceptors (Lipinski definition) is 3. The van der Waals surface area contributed by atoms with E-state index in [2.05, 4.69) is 0 Å². The molecule has 1 N–H and O–H groups in total. The second kappa shape index (κ2) is 6.84. The van der Waals surface area contributed by atoms with E-state index in [9.17, 15) is 9.90 Å². The van der Waals surface area contributed by atoms with Crippen LogP contribution in [-0.2, 0) is 4.79 Å². The molecule has 2 atom stereocenters. The number of benzene rings is 3. The Labute approximate surface area is 152 Å². The summed E-state index contributed by atoms with van der Waals surface area (Å²) >= 11 is 0. The van der Waals surface area contributed by atoms with E-state index in [1.165, 1.54) is 0 Å². The highest BCUT2D eigenvalue weighted by Crippen LogP contribution is 2.36. The summed E-state index contributed by atoms with van der Waals surface area (Å²) in [6.45, 7) is 0. The molecule has 0 bridgehead atoms. The van der Waals surface area contributed by atoms with Crippen LogP contribution < -0.4 is 4.90 Å². The summed E-state index contributed by atoms with van der Waals surface area (Å²) in [5.41, 5.74) is 2.62. The van der Waals surface area contributed by atoms with Crippen molar-refractivity contribution in [2.75, 3.05) is 4.90 Å². The van der Waals surface area contributed by atoms with Gasteiger partial charge in [0.25, 0.3) is 0 Å². The van der Waals surface area contributed by atoms with Crippen LogP contribution in [0.25, 0.3) is 0 Å². The van der Waals surface area contributed by atoms with Gasteiger partial charge in [0.2, 0.25) is 0 Å². The molecule has 0 saturated carbocycles. The van der Waals surface area contributed by atoms with Crippen molar-refractivity contribution in [3.63, 3.8) is 0 Å². The van der Waals surface area contributed by atoms with Gasteiger partial charge < -0.3 is 10.0 Å². The molecule has 0 saturated heterocycles. The first-order chi connectivity index (χ1) is 12.8. The number of amidine groups is 1. The minimum absolute atomic E-state index is 0.468. The Balaban J connectivity index is 1.89. The third-order valence-electron chi connectivity index (χ3n) is 4.53. The van der Waals surface area contributed by atoms with Crippen LogP contribution in [0.1, 0.15) is 17.2 Å². The molecule has 4 nitrogen and oxygen atoms in total. The quantitative estimate of drug-likeness (QED) is 0.775. The Hall–Kier alpha value is -3.40. The second-order valence-electron chi connectivity index (χ2n) is 6.16. The fraction of sp³-hybridized carbons (Fsp3) is 0.0909. The number of nitrogens with zero attached hydrogens (tertiary/aromatic N) is 2. The monoisotopic (exact) mass is 342 g/mol. The molecule has 0 aliphatic carbocycles. The van der Waals surface area contributed by atoms with E-state index in [0.717, 1.165) is 16.8 Å². The zero-order valence-electron chi connectivity index (χ0n) is 14.1. The maximum atomic E-state index is 12.2. The molecule has 4 rings (SSSR count). The first-order valence-electron chi connectivity index (χ1n) is 8.51. The van der Waals surface area contributed by atoms with E-state index in [-0.39, 0.29) is 0 Å². The van der Waals surface area contributed by atoms with E-state index < -0.39 is 18.1 Å². The van der Waals surface area contributed by atoms with Crippen LogP contribution in [0.2, 0.25) is 0 Å². The lowest BCUT2D eigenvalue weighted by Crippen LogP contribution is -2.43. The van der Waals surface area contributed by atoms with Gasteiger partial charge in [-0.3, -0.25) is 4.99 Å². The Morgan fingerprint density at radius 2 is 1.35 bits per heavy atom. The van der Waals surface area contributed by atoms with Crippen LogP contribution in [0, 0.1) is 0 Å². The molecule has 1 aliphatic rings. The molecular formula is C22H18N2O2. The van der Waals surface area contributed by atoms with Gasteiger partial charge >= 0.3 is 5.97 Å². The number of carbonyl (C=O) groups is 1. The Kier molecular flexibility index (Phi) is 4.23. The molecule has 2 unspecified atom stereocenters. The fourth-order valence-corrected chi connectivity index (χ4v) is 3.36. The summed E-state index contributed by atoms with van der Waals surface area (Å²) in [6.07, 6.45) is 0. The maximum absolute atomic E-state index is 12.2. The number of para-hydroxylation sites is 1. The van der Waals surface area contributed by atoms with Crippen LogP contribution in [0.5, 0.6) is 0 Å². The van der Waals surface area contributed by atoms with Crippen LogP contribution in [-0.4, -0.2) is 23.0 Å². The van der Waals surface area contributed by atoms with Gasteiger partial charge in [0.05, 0.1) is 0 Å². The number of aliphatic carboxylic acids is 1. The van der Waals surface area contributed by atoms with Gasteiger partial charge in [-0.2, -0.15) is 0 Å². The predicted octanol–water partition coefficient (Wildman–Crippen LogP) is 4.15. The lowest BCUT2D eigenvalue weighted by Gasteiger charge is -2.27. The summed E-state index contributed by atoms with van der Waals surface area (Å²) in [4.78, 5) is 18.9. The number of rotatable bonds is 4. The highest BCUT2D eigenvalue weighted by Gasteiger charge is 2.43. The normalized spacial score (nSPS) is 19.2. The molecule has 128 valence electrons. The molecule has 0 fully saturated rings. The minimum Gasteiger partial charge on any atom is -0.480 e. The predicted molar refractivity (Wildman–Crippen MR) is 103 cm³/mol. The summed E-state index contributed by atoms with van der Waals surface area (Å²) in [6, 6.07) is 27.7. The summed E-state index contributed by atoms with van der Waals surface area (Å²) in [7, 11) is 0. The highest BCUT2D eigenvalue weighted by atomic mass is 16.4. The molecule has 0 aromatic heterocycles. The van der Waals surface area contributed by atoms with Crippen molar-refractivity contribution in [1.82, 2.24) is 0 Å². The number of aliphatic imine (C=N–C) groups is 1. The van der Waals surface area contributed by atoms with E-state index in [0.29, 0.717) is 5.84 Å². The molecule has 26 heavy (non-hydrogen) atoms. The number of carboxylic acids is 1. The second-order valence-corrected chi connectivity index (χ2v) is 6.16. The first-order valence-corrected chi connectivity index (χ1v) is 8.51. The zero-order valence-corrected chi connectivity index (χ0v) is 14.1. The average Bonchev–Trinajstić information content (AvgIpc) is 3.11. The lowest BCUT2D eigenvalue weighted by atomic mass is 9.99. The minimum atomic E-state index is -0.891. The van der Waals surface area contributed by atoms with Gasteiger partial charge in [0.15, 0.2) is 6.04 Å². The summed E-state index contributed by atoms with van der Waals surface area (Å²) in [5, 5.41) is 10.0. The molecule has 0 spiro atoms. The smallest absolute Gasteiger partial charge is 0.329 e. The van der Waals surface area contributed by atoms with Gasteiger partial charge in [0, 0.05) is 11.3 Å². The zero-order chi connectivity index (χ0) is 17.9. The molecule has 4 heteroatoms. The molecule has 1 aliphatic heterocycles. The largest absolute Gasteiger partial charge is 0.480 e. The van der Waals surface area contributed by atoms with E-state index >= 15 is 0 Å². The van der Waals surface area contributed by atoms with E-state index in [1.54, 1.807) is 0 Å². The van der Waals surface area contributed by atoms with E-state index in [1.807, 2.05) is 95.9 Å². The molecule has 0 radical (unpaired) electrons. The van der Waals surface area contributed by atoms with Crippen LogP contribution in [0.15, 0.2) is 96.0 Å². The van der Waals surface area contributed by atoms with Gasteiger partial charge in [-0.15, -0.1) is 0 Å². The summed E-state index contributed by atoms with van der Waals surface area (Å²) in [5.74, 6) is -0.213.